The van der Waals surface area contributed by atoms with Gasteiger partial charge in [0.15, 0.2) is 0 Å². The van der Waals surface area contributed by atoms with Crippen molar-refractivity contribution in [2.45, 2.75) is 18.7 Å². The summed E-state index contributed by atoms with van der Waals surface area (Å²) >= 11 is 3.47. The molecule has 0 bridgehead atoms. The monoisotopic (exact) mass is 274 g/mol. The molecule has 0 aromatic heterocycles. The van der Waals surface area contributed by atoms with Crippen molar-refractivity contribution < 1.29 is 0 Å². The molecule has 0 aliphatic rings. The van der Waals surface area contributed by atoms with Crippen molar-refractivity contribution >= 4 is 15.9 Å². The lowest BCUT2D eigenvalue weighted by molar-refractivity contribution is 1.14. The van der Waals surface area contributed by atoms with Gasteiger partial charge in [0, 0.05) is 5.33 Å². The van der Waals surface area contributed by atoms with Crippen LogP contribution in [-0.2, 0) is 11.8 Å². The summed E-state index contributed by atoms with van der Waals surface area (Å²) in [6.07, 6.45) is 1.08. The van der Waals surface area contributed by atoms with Crippen LogP contribution < -0.4 is 0 Å². The first-order valence-electron chi connectivity index (χ1n) is 5.58. The van der Waals surface area contributed by atoms with E-state index in [0.717, 1.165) is 11.8 Å². The third kappa shape index (κ3) is 2.35. The number of hydrogen-bond acceptors (Lipinski definition) is 0. The fraction of sp³-hybridized carbons (Fsp3) is 0.200. The average Bonchev–Trinajstić information content (AvgIpc) is 2.39. The fourth-order valence-electron chi connectivity index (χ4n) is 1.88. The molecule has 0 atom stereocenters. The van der Waals surface area contributed by atoms with Gasteiger partial charge in [-0.05, 0) is 28.7 Å². The number of halogens is 1. The number of alkyl halides is 1. The quantitative estimate of drug-likeness (QED) is 0.705. The van der Waals surface area contributed by atoms with Crippen LogP contribution in [0.5, 0.6) is 0 Å². The van der Waals surface area contributed by atoms with Crippen molar-refractivity contribution in [2.75, 3.05) is 0 Å². The average molecular weight is 275 g/mol. The van der Waals surface area contributed by atoms with Crippen molar-refractivity contribution in [1.82, 2.24) is 0 Å². The summed E-state index contributed by atoms with van der Waals surface area (Å²) in [4.78, 5) is 0. The molecule has 0 unspecified atom stereocenters. The Hall–Kier alpha value is -1.08. The van der Waals surface area contributed by atoms with Gasteiger partial charge in [-0.3, -0.25) is 0 Å². The Morgan fingerprint density at radius 2 is 1.62 bits per heavy atom. The molecule has 2 aromatic rings. The van der Waals surface area contributed by atoms with Crippen LogP contribution in [0.4, 0.5) is 0 Å². The van der Waals surface area contributed by atoms with E-state index in [1.807, 2.05) is 0 Å². The summed E-state index contributed by atoms with van der Waals surface area (Å²) in [5.74, 6) is 0. The maximum absolute atomic E-state index is 3.47. The predicted molar refractivity (Wildman–Crippen MR) is 73.9 cm³/mol. The topological polar surface area (TPSA) is 0 Å². The van der Waals surface area contributed by atoms with Crippen molar-refractivity contribution in [1.29, 1.82) is 0 Å². The largest absolute Gasteiger partial charge is 0.0876 e. The molecule has 0 fully saturated rings. The van der Waals surface area contributed by atoms with E-state index in [-0.39, 0.29) is 0 Å². The zero-order valence-electron chi connectivity index (χ0n) is 9.41. The second-order valence-corrected chi connectivity index (χ2v) is 4.40. The van der Waals surface area contributed by atoms with E-state index >= 15 is 0 Å². The first kappa shape index (κ1) is 11.4. The lowest BCUT2D eigenvalue weighted by Gasteiger charge is -2.08. The zero-order valence-corrected chi connectivity index (χ0v) is 11.0. The number of hydrogen-bond donors (Lipinski definition) is 0. The van der Waals surface area contributed by atoms with Crippen LogP contribution in [0.1, 0.15) is 18.1 Å². The highest BCUT2D eigenvalue weighted by Crippen LogP contribution is 2.24. The van der Waals surface area contributed by atoms with Crippen LogP contribution in [-0.4, -0.2) is 0 Å². The molecule has 0 amide bonds. The van der Waals surface area contributed by atoms with Crippen LogP contribution in [0.25, 0.3) is 11.1 Å². The Morgan fingerprint density at radius 3 is 2.25 bits per heavy atom. The molecule has 2 aromatic carbocycles. The molecule has 1 heteroatoms. The van der Waals surface area contributed by atoms with Crippen LogP contribution >= 0.6 is 15.9 Å². The van der Waals surface area contributed by atoms with Gasteiger partial charge in [-0.25, -0.2) is 0 Å². The first-order chi connectivity index (χ1) is 7.85. The van der Waals surface area contributed by atoms with Crippen molar-refractivity contribution in [3.63, 3.8) is 0 Å². The van der Waals surface area contributed by atoms with Crippen LogP contribution in [0.15, 0.2) is 48.5 Å². The van der Waals surface area contributed by atoms with Gasteiger partial charge < -0.3 is 0 Å². The third-order valence-corrected chi connectivity index (χ3v) is 3.46. The van der Waals surface area contributed by atoms with E-state index in [9.17, 15) is 0 Å². The molecule has 0 aliphatic heterocycles. The van der Waals surface area contributed by atoms with E-state index in [1.54, 1.807) is 0 Å². The minimum Gasteiger partial charge on any atom is -0.0876 e. The lowest BCUT2D eigenvalue weighted by atomic mass is 9.97. The summed E-state index contributed by atoms with van der Waals surface area (Å²) in [6.45, 7) is 2.20. The Morgan fingerprint density at radius 1 is 0.938 bits per heavy atom. The molecule has 0 N–H and O–H groups in total. The Kier molecular flexibility index (Phi) is 3.79. The SMILES string of the molecule is CCc1ccccc1-c1ccc(CBr)cc1. The Balaban J connectivity index is 2.42. The van der Waals surface area contributed by atoms with Crippen LogP contribution in [0, 0.1) is 0 Å². The molecule has 0 saturated carbocycles. The number of rotatable bonds is 3. The van der Waals surface area contributed by atoms with Gasteiger partial charge in [-0.15, -0.1) is 0 Å². The minimum absolute atomic E-state index is 0.919. The first-order valence-corrected chi connectivity index (χ1v) is 6.70. The molecular weight excluding hydrogens is 260 g/mol. The molecule has 0 radical (unpaired) electrons. The highest BCUT2D eigenvalue weighted by Gasteiger charge is 2.02. The van der Waals surface area contributed by atoms with Gasteiger partial charge in [-0.1, -0.05) is 71.4 Å². The van der Waals surface area contributed by atoms with E-state index in [0.29, 0.717) is 0 Å². The summed E-state index contributed by atoms with van der Waals surface area (Å²) in [7, 11) is 0. The maximum atomic E-state index is 3.47. The predicted octanol–water partition coefficient (Wildman–Crippen LogP) is 4.81. The molecule has 2 rings (SSSR count). The summed E-state index contributed by atoms with van der Waals surface area (Å²) < 4.78 is 0. The van der Waals surface area contributed by atoms with Gasteiger partial charge in [0.1, 0.15) is 0 Å². The highest BCUT2D eigenvalue weighted by atomic mass is 79.9. The molecule has 82 valence electrons. The minimum atomic E-state index is 0.919. The molecule has 0 nitrogen and oxygen atoms in total. The summed E-state index contributed by atoms with van der Waals surface area (Å²) in [5, 5.41) is 0.919. The Labute approximate surface area is 105 Å². The second kappa shape index (κ2) is 5.31. The van der Waals surface area contributed by atoms with Gasteiger partial charge in [-0.2, -0.15) is 0 Å². The van der Waals surface area contributed by atoms with Crippen LogP contribution in [0.2, 0.25) is 0 Å². The lowest BCUT2D eigenvalue weighted by Crippen LogP contribution is -1.87. The van der Waals surface area contributed by atoms with Crippen molar-refractivity contribution in [3.8, 4) is 11.1 Å². The van der Waals surface area contributed by atoms with E-state index in [2.05, 4.69) is 71.4 Å². The van der Waals surface area contributed by atoms with E-state index in [4.69, 9.17) is 0 Å². The number of aryl methyl sites for hydroxylation is 1. The van der Waals surface area contributed by atoms with Gasteiger partial charge in [0.25, 0.3) is 0 Å². The highest BCUT2D eigenvalue weighted by molar-refractivity contribution is 9.08. The van der Waals surface area contributed by atoms with Gasteiger partial charge >= 0.3 is 0 Å². The standard InChI is InChI=1S/C15H15Br/c1-2-13-5-3-4-6-15(13)14-9-7-12(11-16)8-10-14/h3-10H,2,11H2,1H3. The second-order valence-electron chi connectivity index (χ2n) is 3.84. The molecule has 0 heterocycles. The summed E-state index contributed by atoms with van der Waals surface area (Å²) in [5.41, 5.74) is 5.39. The molecule has 16 heavy (non-hydrogen) atoms. The smallest absolute Gasteiger partial charge is 0.0283 e. The van der Waals surface area contributed by atoms with Crippen molar-refractivity contribution in [2.24, 2.45) is 0 Å². The molecule has 0 spiro atoms. The van der Waals surface area contributed by atoms with E-state index < -0.39 is 0 Å². The van der Waals surface area contributed by atoms with E-state index in [1.165, 1.54) is 22.3 Å². The van der Waals surface area contributed by atoms with Crippen LogP contribution in [0.3, 0.4) is 0 Å². The van der Waals surface area contributed by atoms with Gasteiger partial charge in [0.05, 0.1) is 0 Å². The van der Waals surface area contributed by atoms with Gasteiger partial charge in [0.2, 0.25) is 0 Å². The van der Waals surface area contributed by atoms with Crippen molar-refractivity contribution in [3.05, 3.63) is 59.7 Å². The maximum Gasteiger partial charge on any atom is 0.0283 e. The molecular formula is C15H15Br. The molecule has 0 saturated heterocycles. The normalized spacial score (nSPS) is 10.4. The zero-order chi connectivity index (χ0) is 11.4. The Bertz CT molecular complexity index is 457. The fourth-order valence-corrected chi connectivity index (χ4v) is 2.26. The summed E-state index contributed by atoms with van der Waals surface area (Å²) in [6, 6.07) is 17.4. The number of benzene rings is 2. The third-order valence-electron chi connectivity index (χ3n) is 2.82. The molecule has 0 aliphatic carbocycles.